The predicted molar refractivity (Wildman–Crippen MR) is 62.5 cm³/mol. The lowest BCUT2D eigenvalue weighted by Gasteiger charge is -2.16. The van der Waals surface area contributed by atoms with Crippen LogP contribution in [0.15, 0.2) is 29.2 Å². The van der Waals surface area contributed by atoms with Crippen LogP contribution < -0.4 is 5.73 Å². The fraction of sp³-hybridized carbons (Fsp3) is 0.455. The van der Waals surface area contributed by atoms with E-state index in [0.717, 1.165) is 22.8 Å². The number of aliphatic hydroxyl groups is 1. The van der Waals surface area contributed by atoms with Crippen molar-refractivity contribution in [2.24, 2.45) is 0 Å². The van der Waals surface area contributed by atoms with E-state index in [2.05, 4.69) is 0 Å². The van der Waals surface area contributed by atoms with Crippen molar-refractivity contribution in [2.75, 3.05) is 11.5 Å². The lowest BCUT2D eigenvalue weighted by atomic mass is 10.1. The molecule has 1 aromatic carbocycles. The van der Waals surface area contributed by atoms with E-state index in [1.807, 2.05) is 38.1 Å². The number of thioether (sulfide) groups is 1. The highest BCUT2D eigenvalue weighted by atomic mass is 32.2. The minimum Gasteiger partial charge on any atom is -0.399 e. The zero-order chi connectivity index (χ0) is 10.6. The van der Waals surface area contributed by atoms with Crippen LogP contribution in [0.25, 0.3) is 0 Å². The molecule has 3 heteroatoms. The van der Waals surface area contributed by atoms with Crippen molar-refractivity contribution in [1.82, 2.24) is 0 Å². The molecule has 0 bridgehead atoms. The number of benzene rings is 1. The van der Waals surface area contributed by atoms with Gasteiger partial charge in [-0.25, -0.2) is 0 Å². The first-order valence-corrected chi connectivity index (χ1v) is 5.67. The second kappa shape index (κ2) is 4.71. The molecule has 0 aliphatic heterocycles. The first kappa shape index (κ1) is 11.4. The Labute approximate surface area is 89.5 Å². The van der Waals surface area contributed by atoms with E-state index in [9.17, 15) is 5.11 Å². The molecular formula is C11H17NOS. The third-order valence-corrected chi connectivity index (χ3v) is 2.84. The van der Waals surface area contributed by atoms with Gasteiger partial charge in [0.1, 0.15) is 0 Å². The molecule has 0 aliphatic carbocycles. The molecule has 0 heterocycles. The molecule has 0 aliphatic rings. The third kappa shape index (κ3) is 4.53. The molecule has 1 rings (SSSR count). The van der Waals surface area contributed by atoms with Gasteiger partial charge in [0, 0.05) is 16.3 Å². The van der Waals surface area contributed by atoms with Crippen molar-refractivity contribution >= 4 is 17.4 Å². The van der Waals surface area contributed by atoms with Crippen LogP contribution in [-0.2, 0) is 0 Å². The monoisotopic (exact) mass is 211 g/mol. The molecular weight excluding hydrogens is 194 g/mol. The zero-order valence-corrected chi connectivity index (χ0v) is 9.47. The van der Waals surface area contributed by atoms with E-state index in [0.29, 0.717) is 0 Å². The van der Waals surface area contributed by atoms with Crippen molar-refractivity contribution < 1.29 is 5.11 Å². The molecule has 0 saturated carbocycles. The Bertz CT molecular complexity index is 294. The summed E-state index contributed by atoms with van der Waals surface area (Å²) < 4.78 is 0. The summed E-state index contributed by atoms with van der Waals surface area (Å²) in [6, 6.07) is 7.81. The molecule has 0 atom stereocenters. The van der Waals surface area contributed by atoms with E-state index < -0.39 is 5.60 Å². The van der Waals surface area contributed by atoms with Gasteiger partial charge in [-0.1, -0.05) is 6.07 Å². The summed E-state index contributed by atoms with van der Waals surface area (Å²) in [5, 5.41) is 9.51. The number of nitrogens with two attached hydrogens (primary N) is 1. The van der Waals surface area contributed by atoms with Gasteiger partial charge in [-0.3, -0.25) is 0 Å². The van der Waals surface area contributed by atoms with Crippen molar-refractivity contribution in [3.63, 3.8) is 0 Å². The molecule has 0 aromatic heterocycles. The van der Waals surface area contributed by atoms with Gasteiger partial charge in [0.15, 0.2) is 0 Å². The van der Waals surface area contributed by atoms with Gasteiger partial charge in [-0.05, 0) is 38.5 Å². The summed E-state index contributed by atoms with van der Waals surface area (Å²) in [5.74, 6) is 0.910. The van der Waals surface area contributed by atoms with Crippen molar-refractivity contribution in [1.29, 1.82) is 0 Å². The van der Waals surface area contributed by atoms with Crippen molar-refractivity contribution in [3.05, 3.63) is 24.3 Å². The average molecular weight is 211 g/mol. The van der Waals surface area contributed by atoms with Crippen LogP contribution in [0.1, 0.15) is 20.3 Å². The van der Waals surface area contributed by atoms with E-state index in [1.165, 1.54) is 0 Å². The summed E-state index contributed by atoms with van der Waals surface area (Å²) in [6.07, 6.45) is 0.784. The first-order chi connectivity index (χ1) is 6.47. The van der Waals surface area contributed by atoms with E-state index in [-0.39, 0.29) is 0 Å². The summed E-state index contributed by atoms with van der Waals surface area (Å²) in [4.78, 5) is 1.16. The maximum Gasteiger partial charge on any atom is 0.0599 e. The highest BCUT2D eigenvalue weighted by Gasteiger charge is 2.11. The Morgan fingerprint density at radius 1 is 1.43 bits per heavy atom. The van der Waals surface area contributed by atoms with Crippen LogP contribution in [0.4, 0.5) is 5.69 Å². The Morgan fingerprint density at radius 3 is 2.71 bits per heavy atom. The van der Waals surface area contributed by atoms with Gasteiger partial charge in [-0.15, -0.1) is 11.8 Å². The molecule has 78 valence electrons. The number of hydrogen-bond donors (Lipinski definition) is 2. The van der Waals surface area contributed by atoms with E-state index in [1.54, 1.807) is 11.8 Å². The molecule has 14 heavy (non-hydrogen) atoms. The van der Waals surface area contributed by atoms with Gasteiger partial charge in [-0.2, -0.15) is 0 Å². The Morgan fingerprint density at radius 2 is 2.14 bits per heavy atom. The molecule has 0 fully saturated rings. The van der Waals surface area contributed by atoms with Crippen LogP contribution in [0.5, 0.6) is 0 Å². The summed E-state index contributed by atoms with van der Waals surface area (Å²) in [6.45, 7) is 3.65. The molecule has 0 spiro atoms. The Kier molecular flexibility index (Phi) is 3.84. The normalized spacial score (nSPS) is 11.6. The molecule has 1 aromatic rings. The van der Waals surface area contributed by atoms with Gasteiger partial charge in [0.05, 0.1) is 5.60 Å². The minimum absolute atomic E-state index is 0.576. The quantitative estimate of drug-likeness (QED) is 0.594. The molecule has 2 nitrogen and oxygen atoms in total. The number of nitrogen functional groups attached to an aromatic ring is 1. The number of anilines is 1. The smallest absolute Gasteiger partial charge is 0.0599 e. The first-order valence-electron chi connectivity index (χ1n) is 4.68. The van der Waals surface area contributed by atoms with Crippen LogP contribution in [0.3, 0.4) is 0 Å². The lowest BCUT2D eigenvalue weighted by molar-refractivity contribution is 0.0778. The Hall–Kier alpha value is -0.670. The third-order valence-electron chi connectivity index (χ3n) is 1.84. The number of hydrogen-bond acceptors (Lipinski definition) is 3. The average Bonchev–Trinajstić information content (AvgIpc) is 2.01. The predicted octanol–water partition coefficient (Wildman–Crippen LogP) is 2.52. The summed E-state index contributed by atoms with van der Waals surface area (Å²) in [7, 11) is 0. The van der Waals surface area contributed by atoms with Gasteiger partial charge >= 0.3 is 0 Å². The Balaban J connectivity index is 2.39. The topological polar surface area (TPSA) is 46.2 Å². The fourth-order valence-electron chi connectivity index (χ4n) is 1.02. The highest BCUT2D eigenvalue weighted by molar-refractivity contribution is 7.99. The highest BCUT2D eigenvalue weighted by Crippen LogP contribution is 2.23. The lowest BCUT2D eigenvalue weighted by Crippen LogP contribution is -2.18. The van der Waals surface area contributed by atoms with Gasteiger partial charge in [0.25, 0.3) is 0 Å². The molecule has 0 saturated heterocycles. The van der Waals surface area contributed by atoms with Gasteiger partial charge < -0.3 is 10.8 Å². The molecule has 0 unspecified atom stereocenters. The van der Waals surface area contributed by atoms with E-state index >= 15 is 0 Å². The molecule has 0 amide bonds. The zero-order valence-electron chi connectivity index (χ0n) is 8.66. The van der Waals surface area contributed by atoms with Crippen molar-refractivity contribution in [2.45, 2.75) is 30.8 Å². The summed E-state index contributed by atoms with van der Waals surface area (Å²) in [5.41, 5.74) is 5.87. The number of rotatable bonds is 4. The van der Waals surface area contributed by atoms with Crippen LogP contribution in [-0.4, -0.2) is 16.5 Å². The summed E-state index contributed by atoms with van der Waals surface area (Å²) >= 11 is 1.72. The molecule has 0 radical (unpaired) electrons. The maximum absolute atomic E-state index is 9.51. The minimum atomic E-state index is -0.576. The van der Waals surface area contributed by atoms with Gasteiger partial charge in [0.2, 0.25) is 0 Å². The van der Waals surface area contributed by atoms with Crippen LogP contribution in [0, 0.1) is 0 Å². The van der Waals surface area contributed by atoms with Crippen molar-refractivity contribution in [3.8, 4) is 0 Å². The second-order valence-corrected chi connectivity index (χ2v) is 5.15. The SMILES string of the molecule is CC(C)(O)CCSc1cccc(N)c1. The molecule has 3 N–H and O–H groups in total. The van der Waals surface area contributed by atoms with E-state index in [4.69, 9.17) is 5.73 Å². The fourth-order valence-corrected chi connectivity index (χ4v) is 2.25. The largest absolute Gasteiger partial charge is 0.399 e. The maximum atomic E-state index is 9.51. The standard InChI is InChI=1S/C11H17NOS/c1-11(2,13)6-7-14-10-5-3-4-9(12)8-10/h3-5,8,13H,6-7,12H2,1-2H3. The van der Waals surface area contributed by atoms with Crippen LogP contribution >= 0.6 is 11.8 Å². The second-order valence-electron chi connectivity index (χ2n) is 3.98. The van der Waals surface area contributed by atoms with Crippen LogP contribution in [0.2, 0.25) is 0 Å².